The van der Waals surface area contributed by atoms with Crippen LogP contribution in [-0.4, -0.2) is 25.3 Å². The first-order valence-electron chi connectivity index (χ1n) is 5.77. The first kappa shape index (κ1) is 12.1. The fraction of sp³-hybridized carbons (Fsp3) is 0.462. The van der Waals surface area contributed by atoms with Gasteiger partial charge in [0.25, 0.3) is 0 Å². The van der Waals surface area contributed by atoms with Crippen molar-refractivity contribution in [2.24, 2.45) is 0 Å². The zero-order valence-electron chi connectivity index (χ0n) is 9.80. The van der Waals surface area contributed by atoms with Crippen LogP contribution >= 0.6 is 0 Å². The van der Waals surface area contributed by atoms with E-state index >= 15 is 0 Å². The standard InChI is InChI=1S/C13H16O4/c1-2-12(14)17-11-8-15-13(16-9-11)10-6-4-3-5-7-10/h3-7,11,13H,2,8-9H2,1H3. The molecule has 0 unspecified atom stereocenters. The SMILES string of the molecule is CCC(=O)OC1COC(c2ccccc2)OC1. The number of carbonyl (C=O) groups excluding carboxylic acids is 1. The molecule has 1 heterocycles. The molecule has 0 aromatic heterocycles. The Labute approximate surface area is 100 Å². The molecule has 1 aromatic rings. The topological polar surface area (TPSA) is 44.8 Å². The van der Waals surface area contributed by atoms with E-state index < -0.39 is 0 Å². The maximum Gasteiger partial charge on any atom is 0.305 e. The quantitative estimate of drug-likeness (QED) is 0.753. The Bertz CT molecular complexity index is 355. The molecule has 1 saturated heterocycles. The molecule has 0 bridgehead atoms. The number of hydrogen-bond donors (Lipinski definition) is 0. The van der Waals surface area contributed by atoms with Gasteiger partial charge in [-0.05, 0) is 0 Å². The van der Waals surface area contributed by atoms with E-state index in [1.165, 1.54) is 0 Å². The van der Waals surface area contributed by atoms with Gasteiger partial charge in [-0.1, -0.05) is 37.3 Å². The second kappa shape index (κ2) is 5.80. The zero-order chi connectivity index (χ0) is 12.1. The molecule has 2 rings (SSSR count). The average molecular weight is 236 g/mol. The van der Waals surface area contributed by atoms with Crippen LogP contribution in [0.25, 0.3) is 0 Å². The van der Waals surface area contributed by atoms with Crippen molar-refractivity contribution in [3.8, 4) is 0 Å². The molecule has 1 aromatic carbocycles. The zero-order valence-corrected chi connectivity index (χ0v) is 9.80. The van der Waals surface area contributed by atoms with Crippen molar-refractivity contribution < 1.29 is 19.0 Å². The number of esters is 1. The first-order chi connectivity index (χ1) is 8.29. The van der Waals surface area contributed by atoms with Crippen LogP contribution in [0.5, 0.6) is 0 Å². The van der Waals surface area contributed by atoms with E-state index in [1.807, 2.05) is 30.3 Å². The van der Waals surface area contributed by atoms with Crippen LogP contribution < -0.4 is 0 Å². The molecule has 17 heavy (non-hydrogen) atoms. The van der Waals surface area contributed by atoms with Crippen LogP contribution in [0, 0.1) is 0 Å². The largest absolute Gasteiger partial charge is 0.457 e. The summed E-state index contributed by atoms with van der Waals surface area (Å²) < 4.78 is 16.2. The van der Waals surface area contributed by atoms with Crippen LogP contribution in [-0.2, 0) is 19.0 Å². The molecule has 4 heteroatoms. The Balaban J connectivity index is 1.84. The molecule has 0 radical (unpaired) electrons. The molecule has 1 aliphatic heterocycles. The predicted molar refractivity (Wildman–Crippen MR) is 61.3 cm³/mol. The summed E-state index contributed by atoms with van der Waals surface area (Å²) in [6, 6.07) is 9.71. The highest BCUT2D eigenvalue weighted by Crippen LogP contribution is 2.23. The van der Waals surface area contributed by atoms with Crippen molar-refractivity contribution >= 4 is 5.97 Å². The van der Waals surface area contributed by atoms with Gasteiger partial charge in [-0.15, -0.1) is 0 Å². The van der Waals surface area contributed by atoms with E-state index in [1.54, 1.807) is 6.92 Å². The van der Waals surface area contributed by atoms with Gasteiger partial charge in [-0.3, -0.25) is 4.79 Å². The Morgan fingerprint density at radius 2 is 1.94 bits per heavy atom. The lowest BCUT2D eigenvalue weighted by Crippen LogP contribution is -2.35. The minimum atomic E-state index is -0.354. The lowest BCUT2D eigenvalue weighted by molar-refractivity contribution is -0.229. The van der Waals surface area contributed by atoms with Crippen molar-refractivity contribution in [3.05, 3.63) is 35.9 Å². The van der Waals surface area contributed by atoms with E-state index in [9.17, 15) is 4.79 Å². The molecular weight excluding hydrogens is 220 g/mol. The Hall–Kier alpha value is -1.39. The minimum Gasteiger partial charge on any atom is -0.457 e. The van der Waals surface area contributed by atoms with E-state index in [2.05, 4.69) is 0 Å². The molecule has 1 aliphatic rings. The summed E-state index contributed by atoms with van der Waals surface area (Å²) in [7, 11) is 0. The van der Waals surface area contributed by atoms with Crippen LogP contribution in [0.4, 0.5) is 0 Å². The van der Waals surface area contributed by atoms with Crippen molar-refractivity contribution in [1.82, 2.24) is 0 Å². The lowest BCUT2D eigenvalue weighted by Gasteiger charge is -2.29. The van der Waals surface area contributed by atoms with E-state index in [0.29, 0.717) is 19.6 Å². The number of ether oxygens (including phenoxy) is 3. The van der Waals surface area contributed by atoms with Gasteiger partial charge >= 0.3 is 5.97 Å². The molecule has 92 valence electrons. The minimum absolute atomic E-state index is 0.222. The molecule has 0 amide bonds. The summed E-state index contributed by atoms with van der Waals surface area (Å²) in [5, 5.41) is 0. The summed E-state index contributed by atoms with van der Waals surface area (Å²) in [6.07, 6.45) is -0.270. The fourth-order valence-corrected chi connectivity index (χ4v) is 1.63. The highest BCUT2D eigenvalue weighted by molar-refractivity contribution is 5.69. The first-order valence-corrected chi connectivity index (χ1v) is 5.77. The van der Waals surface area contributed by atoms with Gasteiger partial charge in [0.15, 0.2) is 6.29 Å². The maximum absolute atomic E-state index is 11.1. The summed E-state index contributed by atoms with van der Waals surface area (Å²) in [5.41, 5.74) is 0.979. The van der Waals surface area contributed by atoms with E-state index in [4.69, 9.17) is 14.2 Å². The van der Waals surface area contributed by atoms with Crippen LogP contribution in [0.1, 0.15) is 25.2 Å². The van der Waals surface area contributed by atoms with Gasteiger partial charge in [0, 0.05) is 12.0 Å². The van der Waals surface area contributed by atoms with Gasteiger partial charge in [0.05, 0.1) is 13.2 Å². The highest BCUT2D eigenvalue weighted by atomic mass is 16.7. The third-order valence-electron chi connectivity index (χ3n) is 2.53. The van der Waals surface area contributed by atoms with Crippen molar-refractivity contribution in [2.75, 3.05) is 13.2 Å². The number of hydrogen-bond acceptors (Lipinski definition) is 4. The van der Waals surface area contributed by atoms with Gasteiger partial charge in [-0.25, -0.2) is 0 Å². The summed E-state index contributed by atoms with van der Waals surface area (Å²) in [6.45, 7) is 2.52. The van der Waals surface area contributed by atoms with Gasteiger partial charge < -0.3 is 14.2 Å². The molecule has 1 fully saturated rings. The molecule has 0 spiro atoms. The van der Waals surface area contributed by atoms with Crippen LogP contribution in [0.2, 0.25) is 0 Å². The monoisotopic (exact) mass is 236 g/mol. The Kier molecular flexibility index (Phi) is 4.12. The van der Waals surface area contributed by atoms with Crippen molar-refractivity contribution in [3.63, 3.8) is 0 Å². The predicted octanol–water partition coefficient (Wildman–Crippen LogP) is 2.05. The van der Waals surface area contributed by atoms with Crippen LogP contribution in [0.3, 0.4) is 0 Å². The number of carbonyl (C=O) groups is 1. The maximum atomic E-state index is 11.1. The Morgan fingerprint density at radius 1 is 1.29 bits per heavy atom. The second-order valence-electron chi connectivity index (χ2n) is 3.87. The molecule has 0 atom stereocenters. The molecule has 0 N–H and O–H groups in total. The average Bonchev–Trinajstić information content (AvgIpc) is 2.40. The van der Waals surface area contributed by atoms with Gasteiger partial charge in [0.1, 0.15) is 6.10 Å². The molecule has 4 nitrogen and oxygen atoms in total. The normalized spacial score (nSPS) is 24.3. The summed E-state index contributed by atoms with van der Waals surface area (Å²) >= 11 is 0. The van der Waals surface area contributed by atoms with E-state index in [-0.39, 0.29) is 18.4 Å². The van der Waals surface area contributed by atoms with Crippen molar-refractivity contribution in [2.45, 2.75) is 25.7 Å². The number of benzene rings is 1. The lowest BCUT2D eigenvalue weighted by atomic mass is 10.2. The smallest absolute Gasteiger partial charge is 0.305 e. The van der Waals surface area contributed by atoms with Crippen molar-refractivity contribution in [1.29, 1.82) is 0 Å². The van der Waals surface area contributed by atoms with Crippen LogP contribution in [0.15, 0.2) is 30.3 Å². The summed E-state index contributed by atoms with van der Waals surface area (Å²) in [5.74, 6) is -0.222. The number of rotatable bonds is 3. The van der Waals surface area contributed by atoms with Gasteiger partial charge in [-0.2, -0.15) is 0 Å². The third kappa shape index (κ3) is 3.28. The fourth-order valence-electron chi connectivity index (χ4n) is 1.63. The molecule has 0 saturated carbocycles. The van der Waals surface area contributed by atoms with E-state index in [0.717, 1.165) is 5.56 Å². The molecular formula is C13H16O4. The molecule has 0 aliphatic carbocycles. The second-order valence-corrected chi connectivity index (χ2v) is 3.87. The third-order valence-corrected chi connectivity index (χ3v) is 2.53. The highest BCUT2D eigenvalue weighted by Gasteiger charge is 2.25. The van der Waals surface area contributed by atoms with Gasteiger partial charge in [0.2, 0.25) is 0 Å². The Morgan fingerprint density at radius 3 is 2.53 bits per heavy atom. The summed E-state index contributed by atoms with van der Waals surface area (Å²) in [4.78, 5) is 11.1.